The van der Waals surface area contributed by atoms with Gasteiger partial charge < -0.3 is 9.84 Å². The van der Waals surface area contributed by atoms with E-state index in [0.717, 1.165) is 6.54 Å². The van der Waals surface area contributed by atoms with Crippen LogP contribution in [0.5, 0.6) is 0 Å². The van der Waals surface area contributed by atoms with Crippen molar-refractivity contribution in [1.82, 2.24) is 4.90 Å². The lowest BCUT2D eigenvalue weighted by Gasteiger charge is -2.37. The van der Waals surface area contributed by atoms with Crippen LogP contribution in [-0.4, -0.2) is 47.8 Å². The number of rotatable bonds is 4. The summed E-state index contributed by atoms with van der Waals surface area (Å²) in [6, 6.07) is 0.192. The van der Waals surface area contributed by atoms with Crippen molar-refractivity contribution in [2.45, 2.75) is 25.4 Å². The third kappa shape index (κ3) is 2.82. The summed E-state index contributed by atoms with van der Waals surface area (Å²) >= 11 is 0. The molecule has 2 unspecified atom stereocenters. The highest BCUT2D eigenvalue weighted by Crippen LogP contribution is 2.14. The fraction of sp³-hybridized carbons (Fsp3) is 0.700. The van der Waals surface area contributed by atoms with E-state index in [2.05, 4.69) is 11.5 Å². The van der Waals surface area contributed by atoms with Gasteiger partial charge in [0.1, 0.15) is 0 Å². The second-order valence-electron chi connectivity index (χ2n) is 3.54. The maximum atomic E-state index is 10.6. The van der Waals surface area contributed by atoms with Gasteiger partial charge in [-0.2, -0.15) is 0 Å². The molecule has 0 spiro atoms. The van der Waals surface area contributed by atoms with Gasteiger partial charge in [-0.15, -0.1) is 6.58 Å². The average Bonchev–Trinajstić information content (AvgIpc) is 2.16. The molecule has 1 N–H and O–H groups in total. The Balaban J connectivity index is 2.58. The van der Waals surface area contributed by atoms with Crippen molar-refractivity contribution in [2.75, 3.05) is 19.8 Å². The lowest BCUT2D eigenvalue weighted by atomic mass is 10.1. The number of hydrogen-bond donors (Lipinski definition) is 1. The average molecular weight is 199 g/mol. The first kappa shape index (κ1) is 11.2. The number of carboxylic acids is 1. The maximum Gasteiger partial charge on any atom is 0.305 e. The first-order valence-electron chi connectivity index (χ1n) is 4.83. The van der Waals surface area contributed by atoms with Gasteiger partial charge in [-0.05, 0) is 6.92 Å². The van der Waals surface area contributed by atoms with E-state index in [1.807, 2.05) is 13.0 Å². The number of aliphatic carboxylic acids is 1. The van der Waals surface area contributed by atoms with Gasteiger partial charge in [0.05, 0.1) is 19.6 Å². The van der Waals surface area contributed by atoms with Crippen molar-refractivity contribution in [3.05, 3.63) is 12.7 Å². The lowest BCUT2D eigenvalue weighted by Crippen LogP contribution is -2.49. The highest BCUT2D eigenvalue weighted by Gasteiger charge is 2.27. The van der Waals surface area contributed by atoms with Gasteiger partial charge in [0, 0.05) is 18.6 Å². The van der Waals surface area contributed by atoms with Crippen LogP contribution in [0.4, 0.5) is 0 Å². The highest BCUT2D eigenvalue weighted by molar-refractivity contribution is 5.67. The van der Waals surface area contributed by atoms with Gasteiger partial charge in [0.25, 0.3) is 0 Å². The number of carboxylic acid groups (broad SMARTS) is 1. The van der Waals surface area contributed by atoms with Crippen molar-refractivity contribution < 1.29 is 14.6 Å². The Bertz CT molecular complexity index is 217. The second kappa shape index (κ2) is 5.12. The van der Waals surface area contributed by atoms with E-state index in [1.165, 1.54) is 0 Å². The summed E-state index contributed by atoms with van der Waals surface area (Å²) < 4.78 is 5.27. The van der Waals surface area contributed by atoms with Gasteiger partial charge in [-0.25, -0.2) is 0 Å². The van der Waals surface area contributed by atoms with Gasteiger partial charge in [0.15, 0.2) is 0 Å². The Kier molecular flexibility index (Phi) is 4.10. The summed E-state index contributed by atoms with van der Waals surface area (Å²) in [4.78, 5) is 12.7. The molecule has 0 bridgehead atoms. The number of morpholine rings is 1. The van der Waals surface area contributed by atoms with Crippen molar-refractivity contribution in [3.63, 3.8) is 0 Å². The Morgan fingerprint density at radius 3 is 3.14 bits per heavy atom. The molecule has 1 heterocycles. The fourth-order valence-corrected chi connectivity index (χ4v) is 1.72. The van der Waals surface area contributed by atoms with Crippen molar-refractivity contribution in [1.29, 1.82) is 0 Å². The molecule has 14 heavy (non-hydrogen) atoms. The van der Waals surface area contributed by atoms with E-state index in [9.17, 15) is 4.79 Å². The van der Waals surface area contributed by atoms with E-state index >= 15 is 0 Å². The molecule has 0 aromatic rings. The molecule has 1 saturated heterocycles. The normalized spacial score (nSPS) is 25.6. The van der Waals surface area contributed by atoms with E-state index in [4.69, 9.17) is 9.84 Å². The zero-order valence-corrected chi connectivity index (χ0v) is 8.48. The Hall–Kier alpha value is -0.870. The summed E-state index contributed by atoms with van der Waals surface area (Å²) in [5.41, 5.74) is 0. The zero-order chi connectivity index (χ0) is 10.6. The molecule has 0 aliphatic carbocycles. The van der Waals surface area contributed by atoms with Crippen LogP contribution >= 0.6 is 0 Å². The minimum Gasteiger partial charge on any atom is -0.481 e. The molecule has 1 fully saturated rings. The lowest BCUT2D eigenvalue weighted by molar-refractivity contribution is -0.140. The van der Waals surface area contributed by atoms with Gasteiger partial charge >= 0.3 is 5.97 Å². The van der Waals surface area contributed by atoms with E-state index in [0.29, 0.717) is 13.2 Å². The molecule has 1 rings (SSSR count). The summed E-state index contributed by atoms with van der Waals surface area (Å²) in [6.45, 7) is 7.70. The predicted octanol–water partition coefficient (Wildman–Crippen LogP) is 0.736. The molecule has 0 amide bonds. The van der Waals surface area contributed by atoms with E-state index in [-0.39, 0.29) is 18.5 Å². The minimum absolute atomic E-state index is 0.0192. The van der Waals surface area contributed by atoms with Crippen LogP contribution in [0, 0.1) is 0 Å². The predicted molar refractivity (Wildman–Crippen MR) is 53.2 cm³/mol. The van der Waals surface area contributed by atoms with Crippen LogP contribution in [0.15, 0.2) is 12.7 Å². The van der Waals surface area contributed by atoms with Gasteiger partial charge in [-0.1, -0.05) is 6.08 Å². The van der Waals surface area contributed by atoms with Crippen molar-refractivity contribution in [3.8, 4) is 0 Å². The van der Waals surface area contributed by atoms with E-state index < -0.39 is 5.97 Å². The van der Waals surface area contributed by atoms with Crippen molar-refractivity contribution in [2.24, 2.45) is 0 Å². The highest BCUT2D eigenvalue weighted by atomic mass is 16.5. The second-order valence-corrected chi connectivity index (χ2v) is 3.54. The Labute approximate surface area is 84.2 Å². The molecule has 0 saturated carbocycles. The third-order valence-corrected chi connectivity index (χ3v) is 2.55. The summed E-state index contributed by atoms with van der Waals surface area (Å²) in [5.74, 6) is -0.776. The topological polar surface area (TPSA) is 49.8 Å². The van der Waals surface area contributed by atoms with Crippen LogP contribution < -0.4 is 0 Å². The summed E-state index contributed by atoms with van der Waals surface area (Å²) in [5, 5.41) is 8.73. The Morgan fingerprint density at radius 1 is 1.86 bits per heavy atom. The SMILES string of the molecule is C=CC(C)N1CCOCC1CC(=O)O. The van der Waals surface area contributed by atoms with Crippen LogP contribution in [0.2, 0.25) is 0 Å². The Morgan fingerprint density at radius 2 is 2.57 bits per heavy atom. The molecule has 2 atom stereocenters. The zero-order valence-electron chi connectivity index (χ0n) is 8.48. The molecule has 0 aromatic heterocycles. The van der Waals surface area contributed by atoms with Gasteiger partial charge in [0.2, 0.25) is 0 Å². The van der Waals surface area contributed by atoms with Gasteiger partial charge in [-0.3, -0.25) is 9.69 Å². The number of ether oxygens (including phenoxy) is 1. The molecule has 4 nitrogen and oxygen atoms in total. The molecule has 80 valence electrons. The minimum atomic E-state index is -0.776. The third-order valence-electron chi connectivity index (χ3n) is 2.55. The number of carbonyl (C=O) groups is 1. The van der Waals surface area contributed by atoms with E-state index in [1.54, 1.807) is 0 Å². The largest absolute Gasteiger partial charge is 0.481 e. The molecule has 4 heteroatoms. The maximum absolute atomic E-state index is 10.6. The van der Waals surface area contributed by atoms with Crippen LogP contribution in [0.25, 0.3) is 0 Å². The smallest absolute Gasteiger partial charge is 0.305 e. The molecule has 1 aliphatic heterocycles. The molecule has 0 radical (unpaired) electrons. The summed E-state index contributed by atoms with van der Waals surface area (Å²) in [7, 11) is 0. The quantitative estimate of drug-likeness (QED) is 0.678. The number of hydrogen-bond acceptors (Lipinski definition) is 3. The van der Waals surface area contributed by atoms with Crippen LogP contribution in [0.1, 0.15) is 13.3 Å². The standard InChI is InChI=1S/C10H17NO3/c1-3-8(2)11-4-5-14-7-9(11)6-10(12)13/h3,8-9H,1,4-7H2,2H3,(H,12,13). The van der Waals surface area contributed by atoms with Crippen molar-refractivity contribution >= 4 is 5.97 Å². The van der Waals surface area contributed by atoms with Crippen LogP contribution in [0.3, 0.4) is 0 Å². The fourth-order valence-electron chi connectivity index (χ4n) is 1.72. The molecular formula is C10H17NO3. The first-order valence-corrected chi connectivity index (χ1v) is 4.83. The summed E-state index contributed by atoms with van der Waals surface area (Å²) in [6.07, 6.45) is 1.97. The van der Waals surface area contributed by atoms with Crippen LogP contribution in [-0.2, 0) is 9.53 Å². The first-order chi connectivity index (χ1) is 6.65. The molecule has 1 aliphatic rings. The number of nitrogens with zero attached hydrogens (tertiary/aromatic N) is 1. The monoisotopic (exact) mass is 199 g/mol. The molecular weight excluding hydrogens is 182 g/mol. The molecule has 0 aromatic carbocycles.